The Morgan fingerprint density at radius 2 is 1.96 bits per heavy atom. The van der Waals surface area contributed by atoms with E-state index < -0.39 is 0 Å². The molecule has 0 saturated heterocycles. The first-order chi connectivity index (χ1) is 11.6. The smallest absolute Gasteiger partial charge is 0.124 e. The summed E-state index contributed by atoms with van der Waals surface area (Å²) in [5, 5.41) is 10.2. The summed E-state index contributed by atoms with van der Waals surface area (Å²) in [6, 6.07) is 13.1. The fraction of sp³-hybridized carbons (Fsp3) is 0.158. The fourth-order valence-corrected chi connectivity index (χ4v) is 2.56. The fourth-order valence-electron chi connectivity index (χ4n) is 2.56. The van der Waals surface area contributed by atoms with Crippen LogP contribution in [0.1, 0.15) is 23.7 Å². The molecular weight excluding hydrogens is 305 g/mol. The summed E-state index contributed by atoms with van der Waals surface area (Å²) in [4.78, 5) is 11.8. The molecule has 0 spiro atoms. The molecule has 0 fully saturated rings. The Morgan fingerprint density at radius 1 is 1.21 bits per heavy atom. The van der Waals surface area contributed by atoms with Crippen molar-refractivity contribution in [1.29, 1.82) is 0 Å². The molecular formula is C19H18FN3O. The lowest BCUT2D eigenvalue weighted by Gasteiger charge is -2.13. The second-order valence-electron chi connectivity index (χ2n) is 5.63. The average Bonchev–Trinajstić information content (AvgIpc) is 3.07. The van der Waals surface area contributed by atoms with Crippen molar-refractivity contribution < 1.29 is 9.50 Å². The molecule has 3 rings (SSSR count). The number of para-hydroxylation sites is 1. The van der Waals surface area contributed by atoms with Crippen LogP contribution >= 0.6 is 0 Å². The molecule has 0 bridgehead atoms. The van der Waals surface area contributed by atoms with Gasteiger partial charge in [-0.2, -0.15) is 0 Å². The van der Waals surface area contributed by atoms with Gasteiger partial charge in [-0.15, -0.1) is 0 Å². The van der Waals surface area contributed by atoms with E-state index in [1.165, 1.54) is 12.1 Å². The van der Waals surface area contributed by atoms with Crippen LogP contribution in [0.2, 0.25) is 0 Å². The summed E-state index contributed by atoms with van der Waals surface area (Å²) in [6.07, 6.45) is 4.09. The van der Waals surface area contributed by atoms with Gasteiger partial charge < -0.3 is 10.1 Å². The SMILES string of the molecule is C[C@H](Cc1cnc[nH]1)N=C(c1ccc(F)cc1)c1ccccc1O. The minimum Gasteiger partial charge on any atom is -0.507 e. The normalized spacial score (nSPS) is 13.0. The number of aromatic hydroxyl groups is 1. The molecule has 5 heteroatoms. The van der Waals surface area contributed by atoms with Crippen molar-refractivity contribution in [1.82, 2.24) is 9.97 Å². The Hall–Kier alpha value is -2.95. The van der Waals surface area contributed by atoms with Crippen LogP contribution in [0.4, 0.5) is 4.39 Å². The molecule has 4 nitrogen and oxygen atoms in total. The van der Waals surface area contributed by atoms with Crippen molar-refractivity contribution in [3.05, 3.63) is 83.7 Å². The van der Waals surface area contributed by atoms with E-state index in [9.17, 15) is 9.50 Å². The lowest BCUT2D eigenvalue weighted by atomic mass is 10.0. The Bertz CT molecular complexity index is 826. The first-order valence-electron chi connectivity index (χ1n) is 7.73. The number of nitrogens with one attached hydrogen (secondary N) is 1. The van der Waals surface area contributed by atoms with Crippen LogP contribution in [0.5, 0.6) is 5.75 Å². The van der Waals surface area contributed by atoms with Crippen LogP contribution < -0.4 is 0 Å². The van der Waals surface area contributed by atoms with E-state index >= 15 is 0 Å². The highest BCUT2D eigenvalue weighted by atomic mass is 19.1. The lowest BCUT2D eigenvalue weighted by Crippen LogP contribution is -2.11. The third kappa shape index (κ3) is 3.68. The molecule has 0 aliphatic carbocycles. The minimum atomic E-state index is -0.305. The van der Waals surface area contributed by atoms with Crippen molar-refractivity contribution in [2.45, 2.75) is 19.4 Å². The molecule has 0 aliphatic heterocycles. The number of aromatic nitrogens is 2. The Morgan fingerprint density at radius 3 is 2.62 bits per heavy atom. The zero-order valence-electron chi connectivity index (χ0n) is 13.3. The summed E-state index contributed by atoms with van der Waals surface area (Å²) in [7, 11) is 0. The van der Waals surface area contributed by atoms with E-state index in [4.69, 9.17) is 4.99 Å². The van der Waals surface area contributed by atoms with Gasteiger partial charge in [0.15, 0.2) is 0 Å². The summed E-state index contributed by atoms with van der Waals surface area (Å²) in [5.41, 5.74) is 3.01. The number of nitrogens with zero attached hydrogens (tertiary/aromatic N) is 2. The van der Waals surface area contributed by atoms with Crippen molar-refractivity contribution >= 4 is 5.71 Å². The van der Waals surface area contributed by atoms with Gasteiger partial charge in [0.1, 0.15) is 11.6 Å². The highest BCUT2D eigenvalue weighted by molar-refractivity contribution is 6.14. The second-order valence-corrected chi connectivity index (χ2v) is 5.63. The second kappa shape index (κ2) is 7.08. The van der Waals surface area contributed by atoms with Crippen LogP contribution in [0.15, 0.2) is 66.0 Å². The predicted octanol–water partition coefficient (Wildman–Crippen LogP) is 3.72. The quantitative estimate of drug-likeness (QED) is 0.703. The van der Waals surface area contributed by atoms with E-state index in [0.717, 1.165) is 11.3 Å². The zero-order chi connectivity index (χ0) is 16.9. The van der Waals surface area contributed by atoms with Crippen molar-refractivity contribution in [3.8, 4) is 5.75 Å². The summed E-state index contributed by atoms with van der Waals surface area (Å²) in [5.74, 6) is -0.157. The van der Waals surface area contributed by atoms with E-state index in [1.54, 1.807) is 42.9 Å². The monoisotopic (exact) mass is 323 g/mol. The van der Waals surface area contributed by atoms with Gasteiger partial charge in [-0.3, -0.25) is 4.99 Å². The number of hydrogen-bond acceptors (Lipinski definition) is 3. The Kier molecular flexibility index (Phi) is 4.70. The molecule has 24 heavy (non-hydrogen) atoms. The number of imidazole rings is 1. The molecule has 1 atom stereocenters. The molecule has 1 aromatic heterocycles. The van der Waals surface area contributed by atoms with Gasteiger partial charge in [-0.05, 0) is 43.3 Å². The number of aliphatic imine (C=N–C) groups is 1. The van der Waals surface area contributed by atoms with Gasteiger partial charge >= 0.3 is 0 Å². The highest BCUT2D eigenvalue weighted by Gasteiger charge is 2.13. The third-order valence-corrected chi connectivity index (χ3v) is 3.70. The summed E-state index contributed by atoms with van der Waals surface area (Å²) >= 11 is 0. The van der Waals surface area contributed by atoms with E-state index in [1.807, 2.05) is 13.0 Å². The highest BCUT2D eigenvalue weighted by Crippen LogP contribution is 2.22. The lowest BCUT2D eigenvalue weighted by molar-refractivity contribution is 0.474. The number of halogens is 1. The van der Waals surface area contributed by atoms with Crippen molar-refractivity contribution in [2.24, 2.45) is 4.99 Å². The zero-order valence-corrected chi connectivity index (χ0v) is 13.3. The molecule has 0 aliphatic rings. The van der Waals surface area contributed by atoms with Crippen LogP contribution in [-0.2, 0) is 6.42 Å². The molecule has 0 unspecified atom stereocenters. The molecule has 2 N–H and O–H groups in total. The number of phenols is 1. The van der Waals surface area contributed by atoms with Gasteiger partial charge in [0, 0.05) is 29.4 Å². The van der Waals surface area contributed by atoms with E-state index in [0.29, 0.717) is 17.7 Å². The number of hydrogen-bond donors (Lipinski definition) is 2. The van der Waals surface area contributed by atoms with E-state index in [-0.39, 0.29) is 17.6 Å². The molecule has 1 heterocycles. The van der Waals surface area contributed by atoms with Gasteiger partial charge in [-0.25, -0.2) is 9.37 Å². The average molecular weight is 323 g/mol. The topological polar surface area (TPSA) is 61.3 Å². The largest absolute Gasteiger partial charge is 0.507 e. The molecule has 3 aromatic rings. The van der Waals surface area contributed by atoms with E-state index in [2.05, 4.69) is 9.97 Å². The van der Waals surface area contributed by atoms with Crippen molar-refractivity contribution in [3.63, 3.8) is 0 Å². The number of H-pyrrole nitrogens is 1. The maximum atomic E-state index is 13.2. The number of rotatable bonds is 5. The van der Waals surface area contributed by atoms with Crippen LogP contribution in [0, 0.1) is 5.82 Å². The maximum absolute atomic E-state index is 13.2. The molecule has 0 saturated carbocycles. The van der Waals surface area contributed by atoms with Crippen LogP contribution in [0.25, 0.3) is 0 Å². The number of benzene rings is 2. The molecule has 0 radical (unpaired) electrons. The van der Waals surface area contributed by atoms with Gasteiger partial charge in [0.25, 0.3) is 0 Å². The molecule has 2 aromatic carbocycles. The maximum Gasteiger partial charge on any atom is 0.124 e. The first kappa shape index (κ1) is 15.9. The number of aromatic amines is 1. The third-order valence-electron chi connectivity index (χ3n) is 3.70. The minimum absolute atomic E-state index is 0.0369. The standard InChI is InChI=1S/C19H18FN3O/c1-13(10-16-11-21-12-22-16)23-19(14-6-8-15(20)9-7-14)17-4-2-3-5-18(17)24/h2-9,11-13,24H,10H2,1H3,(H,21,22)/t13-/m1/s1. The van der Waals surface area contributed by atoms with Gasteiger partial charge in [0.05, 0.1) is 18.1 Å². The Labute approximate surface area is 139 Å². The van der Waals surface area contributed by atoms with Gasteiger partial charge in [0.2, 0.25) is 0 Å². The van der Waals surface area contributed by atoms with Crippen LogP contribution in [0.3, 0.4) is 0 Å². The summed E-state index contributed by atoms with van der Waals surface area (Å²) < 4.78 is 13.2. The first-order valence-corrected chi connectivity index (χ1v) is 7.73. The van der Waals surface area contributed by atoms with Gasteiger partial charge in [-0.1, -0.05) is 12.1 Å². The van der Waals surface area contributed by atoms with Crippen LogP contribution in [-0.4, -0.2) is 26.8 Å². The molecule has 0 amide bonds. The molecule has 122 valence electrons. The summed E-state index contributed by atoms with van der Waals surface area (Å²) in [6.45, 7) is 1.99. The van der Waals surface area contributed by atoms with Crippen molar-refractivity contribution in [2.75, 3.05) is 0 Å². The number of phenolic OH excluding ortho intramolecular Hbond substituents is 1. The Balaban J connectivity index is 1.99. The predicted molar refractivity (Wildman–Crippen MR) is 91.9 cm³/mol.